The summed E-state index contributed by atoms with van der Waals surface area (Å²) >= 11 is 10.0. The van der Waals surface area contributed by atoms with Crippen LogP contribution in [-0.2, 0) is 11.3 Å². The van der Waals surface area contributed by atoms with Gasteiger partial charge in [0.25, 0.3) is 0 Å². The molecule has 0 atom stereocenters. The van der Waals surface area contributed by atoms with E-state index in [1.165, 1.54) is 6.21 Å². The van der Waals surface area contributed by atoms with E-state index in [0.717, 1.165) is 38.6 Å². The Morgan fingerprint density at radius 1 is 1.15 bits per heavy atom. The van der Waals surface area contributed by atoms with Gasteiger partial charge in [0, 0.05) is 27.2 Å². The number of ether oxygens (including phenoxy) is 1. The molecule has 0 aliphatic carbocycles. The SMILES string of the molecule is CNC(=S)N/N=C/C(=N\NC(=S)NC)c1ccc(CN2CCOCC2)o1. The summed E-state index contributed by atoms with van der Waals surface area (Å²) in [4.78, 5) is 2.28. The minimum Gasteiger partial charge on any atom is -0.458 e. The molecule has 26 heavy (non-hydrogen) atoms. The standard InChI is InChI=1S/C15H23N7O2S2/c1-16-14(25)20-18-9-12(19-21-15(26)17-2)13-4-3-11(24-13)10-22-5-7-23-8-6-22/h3-4,9H,5-8,10H2,1-2H3,(H2,16,20,25)(H2,17,21,26)/b18-9+,19-12+. The zero-order valence-corrected chi connectivity index (χ0v) is 16.4. The van der Waals surface area contributed by atoms with Crippen molar-refractivity contribution in [1.82, 2.24) is 26.4 Å². The van der Waals surface area contributed by atoms with Crippen LogP contribution in [-0.4, -0.2) is 67.4 Å². The first-order chi connectivity index (χ1) is 12.6. The second-order valence-electron chi connectivity index (χ2n) is 5.29. The lowest BCUT2D eigenvalue weighted by atomic mass is 10.3. The molecule has 1 aromatic heterocycles. The zero-order chi connectivity index (χ0) is 18.8. The van der Waals surface area contributed by atoms with Crippen molar-refractivity contribution < 1.29 is 9.15 Å². The van der Waals surface area contributed by atoms with Gasteiger partial charge in [0.2, 0.25) is 0 Å². The number of thiocarbonyl (C=S) groups is 2. The van der Waals surface area contributed by atoms with Gasteiger partial charge in [0.15, 0.2) is 16.0 Å². The number of nitrogens with zero attached hydrogens (tertiary/aromatic N) is 3. The van der Waals surface area contributed by atoms with E-state index in [1.807, 2.05) is 12.1 Å². The van der Waals surface area contributed by atoms with E-state index in [9.17, 15) is 0 Å². The van der Waals surface area contributed by atoms with E-state index in [0.29, 0.717) is 21.7 Å². The maximum Gasteiger partial charge on any atom is 0.186 e. The highest BCUT2D eigenvalue weighted by Gasteiger charge is 2.14. The Labute approximate surface area is 163 Å². The predicted molar refractivity (Wildman–Crippen MR) is 109 cm³/mol. The summed E-state index contributed by atoms with van der Waals surface area (Å²) in [5.41, 5.74) is 5.88. The van der Waals surface area contributed by atoms with E-state index in [2.05, 4.69) is 36.6 Å². The number of hydrazone groups is 2. The molecule has 0 bridgehead atoms. The fourth-order valence-corrected chi connectivity index (χ4v) is 2.20. The van der Waals surface area contributed by atoms with E-state index in [4.69, 9.17) is 33.6 Å². The van der Waals surface area contributed by atoms with Crippen LogP contribution in [0.2, 0.25) is 0 Å². The average molecular weight is 398 g/mol. The third-order valence-electron chi connectivity index (χ3n) is 3.48. The van der Waals surface area contributed by atoms with E-state index in [1.54, 1.807) is 14.1 Å². The van der Waals surface area contributed by atoms with E-state index in [-0.39, 0.29) is 0 Å². The van der Waals surface area contributed by atoms with Crippen molar-refractivity contribution in [2.45, 2.75) is 6.54 Å². The van der Waals surface area contributed by atoms with Gasteiger partial charge in [0.1, 0.15) is 11.5 Å². The summed E-state index contributed by atoms with van der Waals surface area (Å²) < 4.78 is 11.3. The molecule has 142 valence electrons. The number of hydrogen-bond acceptors (Lipinski definition) is 7. The minimum atomic E-state index is 0.384. The van der Waals surface area contributed by atoms with Crippen molar-refractivity contribution in [2.75, 3.05) is 40.4 Å². The summed E-state index contributed by atoms with van der Waals surface area (Å²) in [6.45, 7) is 3.99. The molecule has 1 aromatic rings. The highest BCUT2D eigenvalue weighted by atomic mass is 32.1. The second-order valence-corrected chi connectivity index (χ2v) is 6.11. The highest BCUT2D eigenvalue weighted by Crippen LogP contribution is 2.12. The molecule has 2 rings (SSSR count). The maximum absolute atomic E-state index is 5.91. The van der Waals surface area contributed by atoms with Crippen LogP contribution in [0, 0.1) is 0 Å². The van der Waals surface area contributed by atoms with Crippen LogP contribution in [0.1, 0.15) is 11.5 Å². The molecule has 0 spiro atoms. The first kappa shape index (κ1) is 20.2. The summed E-state index contributed by atoms with van der Waals surface area (Å²) in [6.07, 6.45) is 1.51. The van der Waals surface area contributed by atoms with E-state index >= 15 is 0 Å². The number of rotatable bonds is 6. The van der Waals surface area contributed by atoms with Gasteiger partial charge in [-0.3, -0.25) is 15.8 Å². The summed E-state index contributed by atoms with van der Waals surface area (Å²) in [5.74, 6) is 1.42. The molecular formula is C15H23N7O2S2. The molecule has 9 nitrogen and oxygen atoms in total. The summed E-state index contributed by atoms with van der Waals surface area (Å²) in [7, 11) is 3.41. The fraction of sp³-hybridized carbons (Fsp3) is 0.467. The van der Waals surface area contributed by atoms with Crippen molar-refractivity contribution in [2.24, 2.45) is 10.2 Å². The minimum absolute atomic E-state index is 0.384. The van der Waals surface area contributed by atoms with Crippen molar-refractivity contribution in [3.63, 3.8) is 0 Å². The Morgan fingerprint density at radius 3 is 2.54 bits per heavy atom. The van der Waals surface area contributed by atoms with E-state index < -0.39 is 0 Å². The summed E-state index contributed by atoms with van der Waals surface area (Å²) in [6, 6.07) is 3.78. The number of morpholine rings is 1. The first-order valence-electron chi connectivity index (χ1n) is 8.07. The van der Waals surface area contributed by atoms with Crippen LogP contribution >= 0.6 is 24.4 Å². The quantitative estimate of drug-likeness (QED) is 0.300. The monoisotopic (exact) mass is 397 g/mol. The molecule has 2 heterocycles. The largest absolute Gasteiger partial charge is 0.458 e. The molecule has 4 N–H and O–H groups in total. The molecule has 11 heteroatoms. The van der Waals surface area contributed by atoms with Gasteiger partial charge in [0.05, 0.1) is 26.0 Å². The lowest BCUT2D eigenvalue weighted by Gasteiger charge is -2.25. The Kier molecular flexibility index (Phi) is 8.41. The van der Waals surface area contributed by atoms with Crippen molar-refractivity contribution in [3.8, 4) is 0 Å². The molecule has 0 aromatic carbocycles. The normalized spacial score (nSPS) is 15.7. The third kappa shape index (κ3) is 6.67. The molecule has 1 fully saturated rings. The lowest BCUT2D eigenvalue weighted by molar-refractivity contribution is 0.0313. The van der Waals surface area contributed by atoms with Gasteiger partial charge < -0.3 is 19.8 Å². The van der Waals surface area contributed by atoms with Crippen molar-refractivity contribution in [3.05, 3.63) is 23.7 Å². The Bertz CT molecular complexity index is 669. The number of hydrogen-bond donors (Lipinski definition) is 4. The van der Waals surface area contributed by atoms with Crippen molar-refractivity contribution in [1.29, 1.82) is 0 Å². The van der Waals surface area contributed by atoms with Crippen LogP contribution in [0.4, 0.5) is 0 Å². The van der Waals surface area contributed by atoms with Crippen LogP contribution in [0.25, 0.3) is 0 Å². The molecule has 0 saturated carbocycles. The van der Waals surface area contributed by atoms with Gasteiger partial charge in [-0.1, -0.05) is 0 Å². The average Bonchev–Trinajstić information content (AvgIpc) is 3.12. The smallest absolute Gasteiger partial charge is 0.186 e. The lowest BCUT2D eigenvalue weighted by Crippen LogP contribution is -2.35. The number of nitrogens with one attached hydrogen (secondary N) is 4. The Balaban J connectivity index is 2.08. The molecule has 1 aliphatic heterocycles. The molecule has 1 aliphatic rings. The third-order valence-corrected chi connectivity index (χ3v) is 4.07. The first-order valence-corrected chi connectivity index (χ1v) is 8.89. The van der Waals surface area contributed by atoms with Crippen molar-refractivity contribution >= 4 is 46.6 Å². The van der Waals surface area contributed by atoms with Gasteiger partial charge in [-0.25, -0.2) is 0 Å². The van der Waals surface area contributed by atoms with Gasteiger partial charge in [-0.15, -0.1) is 0 Å². The Hall–Kier alpha value is -2.08. The number of furan rings is 1. The Morgan fingerprint density at radius 2 is 1.85 bits per heavy atom. The predicted octanol–water partition coefficient (Wildman–Crippen LogP) is -0.0105. The van der Waals surface area contributed by atoms with Gasteiger partial charge >= 0.3 is 0 Å². The fourth-order valence-electron chi connectivity index (χ4n) is 2.10. The topological polar surface area (TPSA) is 98.5 Å². The van der Waals surface area contributed by atoms with Gasteiger partial charge in [-0.05, 0) is 36.6 Å². The molecule has 0 unspecified atom stereocenters. The van der Waals surface area contributed by atoms with Crippen LogP contribution in [0.3, 0.4) is 0 Å². The molecular weight excluding hydrogens is 374 g/mol. The van der Waals surface area contributed by atoms with Crippen LogP contribution in [0.5, 0.6) is 0 Å². The summed E-state index contributed by atoms with van der Waals surface area (Å²) in [5, 5.41) is 14.6. The molecule has 0 radical (unpaired) electrons. The van der Waals surface area contributed by atoms with Gasteiger partial charge in [-0.2, -0.15) is 10.2 Å². The highest BCUT2D eigenvalue weighted by molar-refractivity contribution is 7.80. The maximum atomic E-state index is 5.91. The molecule has 1 saturated heterocycles. The van der Waals surface area contributed by atoms with Crippen LogP contribution < -0.4 is 21.5 Å². The second kappa shape index (κ2) is 10.8. The van der Waals surface area contributed by atoms with Crippen LogP contribution in [0.15, 0.2) is 26.8 Å². The molecule has 0 amide bonds. The zero-order valence-electron chi connectivity index (χ0n) is 14.7.